The molecule has 0 radical (unpaired) electrons. The molecule has 2 N–H and O–H groups in total. The van der Waals surface area contributed by atoms with E-state index in [9.17, 15) is 0 Å². The Kier molecular flexibility index (Phi) is 2.70. The van der Waals surface area contributed by atoms with Gasteiger partial charge in [-0.3, -0.25) is 4.98 Å². The highest BCUT2D eigenvalue weighted by Crippen LogP contribution is 2.27. The Hall–Kier alpha value is -1.63. The third kappa shape index (κ3) is 1.84. The van der Waals surface area contributed by atoms with E-state index in [0.29, 0.717) is 0 Å². The molecule has 3 rings (SSSR count). The SMILES string of the molecule is Cc1cc2c(-n3cc(I)cn3)ccc(N)c2cn1. The van der Waals surface area contributed by atoms with E-state index in [0.717, 1.165) is 31.4 Å². The highest BCUT2D eigenvalue weighted by atomic mass is 127. The summed E-state index contributed by atoms with van der Waals surface area (Å²) in [6.07, 6.45) is 5.63. The first kappa shape index (κ1) is 11.5. The molecule has 0 fully saturated rings. The van der Waals surface area contributed by atoms with Crippen LogP contribution in [0.3, 0.4) is 0 Å². The fourth-order valence-electron chi connectivity index (χ4n) is 1.98. The van der Waals surface area contributed by atoms with Crippen LogP contribution in [-0.4, -0.2) is 14.8 Å². The predicted molar refractivity (Wildman–Crippen MR) is 80.7 cm³/mol. The summed E-state index contributed by atoms with van der Waals surface area (Å²) >= 11 is 2.24. The summed E-state index contributed by atoms with van der Waals surface area (Å²) in [6.45, 7) is 1.97. The van der Waals surface area contributed by atoms with Crippen molar-refractivity contribution in [3.8, 4) is 5.69 Å². The number of pyridine rings is 1. The Morgan fingerprint density at radius 1 is 1.22 bits per heavy atom. The number of anilines is 1. The van der Waals surface area contributed by atoms with Gasteiger partial charge in [-0.25, -0.2) is 4.68 Å². The molecule has 0 saturated heterocycles. The quantitative estimate of drug-likeness (QED) is 0.542. The monoisotopic (exact) mass is 350 g/mol. The van der Waals surface area contributed by atoms with E-state index < -0.39 is 0 Å². The van der Waals surface area contributed by atoms with Gasteiger partial charge in [-0.1, -0.05) is 0 Å². The lowest BCUT2D eigenvalue weighted by Gasteiger charge is -2.09. The first-order valence-corrected chi connectivity index (χ1v) is 6.58. The van der Waals surface area contributed by atoms with Crippen molar-refractivity contribution in [2.75, 3.05) is 5.73 Å². The van der Waals surface area contributed by atoms with Crippen LogP contribution in [-0.2, 0) is 0 Å². The third-order valence-electron chi connectivity index (χ3n) is 2.85. The lowest BCUT2D eigenvalue weighted by atomic mass is 10.1. The van der Waals surface area contributed by atoms with Crippen molar-refractivity contribution < 1.29 is 0 Å². The van der Waals surface area contributed by atoms with Gasteiger partial charge in [0.1, 0.15) is 0 Å². The molecule has 0 spiro atoms. The average molecular weight is 350 g/mol. The third-order valence-corrected chi connectivity index (χ3v) is 3.40. The standard InChI is InChI=1S/C13H11IN4/c1-8-4-10-11(6-16-8)12(15)2-3-13(10)18-7-9(14)5-17-18/h2-7H,15H2,1H3. The van der Waals surface area contributed by atoms with Crippen LogP contribution < -0.4 is 5.73 Å². The maximum absolute atomic E-state index is 5.99. The molecule has 0 amide bonds. The average Bonchev–Trinajstić information content (AvgIpc) is 2.76. The van der Waals surface area contributed by atoms with Crippen molar-refractivity contribution in [3.63, 3.8) is 0 Å². The first-order valence-electron chi connectivity index (χ1n) is 5.50. The topological polar surface area (TPSA) is 56.7 Å². The number of hydrogen-bond donors (Lipinski definition) is 1. The van der Waals surface area contributed by atoms with E-state index in [1.54, 1.807) is 0 Å². The molecule has 0 bridgehead atoms. The molecule has 0 aliphatic rings. The van der Waals surface area contributed by atoms with E-state index in [-0.39, 0.29) is 0 Å². The molecule has 2 aromatic heterocycles. The van der Waals surface area contributed by atoms with E-state index in [1.165, 1.54) is 0 Å². The molecule has 2 heterocycles. The van der Waals surface area contributed by atoms with Crippen LogP contribution in [0.1, 0.15) is 5.69 Å². The molecule has 5 heteroatoms. The maximum Gasteiger partial charge on any atom is 0.0727 e. The lowest BCUT2D eigenvalue weighted by molar-refractivity contribution is 0.887. The minimum atomic E-state index is 0.739. The number of nitrogens with two attached hydrogens (primary N) is 1. The van der Waals surface area contributed by atoms with Crippen LogP contribution in [0.2, 0.25) is 0 Å². The van der Waals surface area contributed by atoms with Crippen LogP contribution in [0.25, 0.3) is 16.5 Å². The number of nitrogen functional groups attached to an aromatic ring is 1. The molecule has 0 aliphatic carbocycles. The molecule has 4 nitrogen and oxygen atoms in total. The van der Waals surface area contributed by atoms with Gasteiger partial charge in [0.05, 0.1) is 15.5 Å². The summed E-state index contributed by atoms with van der Waals surface area (Å²) < 4.78 is 2.96. The highest BCUT2D eigenvalue weighted by molar-refractivity contribution is 14.1. The van der Waals surface area contributed by atoms with Crippen LogP contribution in [0.5, 0.6) is 0 Å². The Morgan fingerprint density at radius 2 is 2.06 bits per heavy atom. The Morgan fingerprint density at radius 3 is 2.78 bits per heavy atom. The second kappa shape index (κ2) is 4.24. The van der Waals surface area contributed by atoms with Crippen molar-refractivity contribution in [1.82, 2.24) is 14.8 Å². The molecule has 0 aliphatic heterocycles. The van der Waals surface area contributed by atoms with Crippen molar-refractivity contribution in [3.05, 3.63) is 46.1 Å². The zero-order valence-corrected chi connectivity index (χ0v) is 11.9. The molecule has 0 unspecified atom stereocenters. The number of fused-ring (bicyclic) bond motifs is 1. The summed E-state index contributed by atoms with van der Waals surface area (Å²) in [7, 11) is 0. The van der Waals surface area contributed by atoms with Gasteiger partial charge in [0, 0.05) is 34.5 Å². The number of nitrogens with zero attached hydrogens (tertiary/aromatic N) is 3. The van der Waals surface area contributed by atoms with E-state index in [2.05, 4.69) is 32.7 Å². The number of rotatable bonds is 1. The van der Waals surface area contributed by atoms with Gasteiger partial charge in [-0.15, -0.1) is 0 Å². The first-order chi connectivity index (χ1) is 8.65. The number of aromatic nitrogens is 3. The zero-order valence-electron chi connectivity index (χ0n) is 9.76. The van der Waals surface area contributed by atoms with Gasteiger partial charge in [-0.2, -0.15) is 5.10 Å². The van der Waals surface area contributed by atoms with Crippen LogP contribution in [0.15, 0.2) is 36.8 Å². The molecule has 0 atom stereocenters. The van der Waals surface area contributed by atoms with E-state index >= 15 is 0 Å². The fraction of sp³-hybridized carbons (Fsp3) is 0.0769. The minimum absolute atomic E-state index is 0.739. The summed E-state index contributed by atoms with van der Waals surface area (Å²) in [4.78, 5) is 4.30. The zero-order chi connectivity index (χ0) is 12.7. The lowest BCUT2D eigenvalue weighted by Crippen LogP contribution is -1.98. The van der Waals surface area contributed by atoms with Gasteiger partial charge in [0.15, 0.2) is 0 Å². The smallest absolute Gasteiger partial charge is 0.0727 e. The van der Waals surface area contributed by atoms with Crippen molar-refractivity contribution in [2.45, 2.75) is 6.92 Å². The number of halogens is 1. The molecule has 90 valence electrons. The second-order valence-electron chi connectivity index (χ2n) is 4.15. The van der Waals surface area contributed by atoms with Crippen LogP contribution in [0.4, 0.5) is 5.69 Å². The van der Waals surface area contributed by atoms with E-state index in [4.69, 9.17) is 5.73 Å². The molecule has 3 aromatic rings. The van der Waals surface area contributed by atoms with Crippen LogP contribution in [0, 0.1) is 10.5 Å². The van der Waals surface area contributed by atoms with E-state index in [1.807, 2.05) is 48.4 Å². The van der Waals surface area contributed by atoms with Gasteiger partial charge < -0.3 is 5.73 Å². The van der Waals surface area contributed by atoms with Gasteiger partial charge in [-0.05, 0) is 47.7 Å². The van der Waals surface area contributed by atoms with Gasteiger partial charge in [0.25, 0.3) is 0 Å². The Bertz CT molecular complexity index is 733. The highest BCUT2D eigenvalue weighted by Gasteiger charge is 2.07. The summed E-state index contributed by atoms with van der Waals surface area (Å²) in [5.74, 6) is 0. The normalized spacial score (nSPS) is 11.0. The summed E-state index contributed by atoms with van der Waals surface area (Å²) in [5, 5.41) is 6.38. The molecule has 1 aromatic carbocycles. The van der Waals surface area contributed by atoms with Crippen molar-refractivity contribution in [1.29, 1.82) is 0 Å². The summed E-state index contributed by atoms with van der Waals surface area (Å²) in [5.41, 5.74) is 8.72. The number of hydrogen-bond acceptors (Lipinski definition) is 3. The minimum Gasteiger partial charge on any atom is -0.398 e. The molecule has 0 saturated carbocycles. The second-order valence-corrected chi connectivity index (χ2v) is 5.39. The van der Waals surface area contributed by atoms with Gasteiger partial charge >= 0.3 is 0 Å². The predicted octanol–water partition coefficient (Wildman–Crippen LogP) is 2.92. The largest absolute Gasteiger partial charge is 0.398 e. The Balaban J connectivity index is 2.36. The number of benzene rings is 1. The molecule has 18 heavy (non-hydrogen) atoms. The molecular formula is C13H11IN4. The van der Waals surface area contributed by atoms with Crippen molar-refractivity contribution in [2.24, 2.45) is 0 Å². The number of aryl methyl sites for hydroxylation is 1. The summed E-state index contributed by atoms with van der Waals surface area (Å²) in [6, 6.07) is 5.92. The fourth-order valence-corrected chi connectivity index (χ4v) is 2.37. The Labute approximate surface area is 118 Å². The van der Waals surface area contributed by atoms with Gasteiger partial charge in [0.2, 0.25) is 0 Å². The molecular weight excluding hydrogens is 339 g/mol. The van der Waals surface area contributed by atoms with Crippen LogP contribution >= 0.6 is 22.6 Å². The maximum atomic E-state index is 5.99. The van der Waals surface area contributed by atoms with Crippen molar-refractivity contribution >= 4 is 39.1 Å².